The Hall–Kier alpha value is -0.860. The van der Waals surface area contributed by atoms with Crippen molar-refractivity contribution in [2.24, 2.45) is 11.1 Å². The molecule has 0 atom stereocenters. The number of hydrogen-bond donors (Lipinski definition) is 1. The maximum absolute atomic E-state index is 6.09. The molecule has 0 aliphatic heterocycles. The first-order valence-corrected chi connectivity index (χ1v) is 7.40. The van der Waals surface area contributed by atoms with Gasteiger partial charge in [-0.05, 0) is 54.7 Å². The molecule has 0 heterocycles. The van der Waals surface area contributed by atoms with E-state index < -0.39 is 0 Å². The number of ether oxygens (including phenoxy) is 1. The number of aryl methyl sites for hydroxylation is 1. The molecule has 0 bridgehead atoms. The van der Waals surface area contributed by atoms with Crippen LogP contribution in [0.1, 0.15) is 56.2 Å². The average molecular weight is 261 g/mol. The Morgan fingerprint density at radius 1 is 1.26 bits per heavy atom. The fourth-order valence-corrected chi connectivity index (χ4v) is 2.79. The molecule has 2 rings (SSSR count). The van der Waals surface area contributed by atoms with Gasteiger partial charge in [0, 0.05) is 6.54 Å². The van der Waals surface area contributed by atoms with Crippen molar-refractivity contribution in [1.29, 1.82) is 0 Å². The Labute approximate surface area is 117 Å². The van der Waals surface area contributed by atoms with Gasteiger partial charge in [0.05, 0.1) is 12.7 Å². The van der Waals surface area contributed by atoms with Gasteiger partial charge in [-0.3, -0.25) is 0 Å². The molecule has 106 valence electrons. The molecule has 2 heteroatoms. The third-order valence-electron chi connectivity index (χ3n) is 4.40. The Morgan fingerprint density at radius 3 is 2.53 bits per heavy atom. The van der Waals surface area contributed by atoms with Gasteiger partial charge < -0.3 is 10.5 Å². The van der Waals surface area contributed by atoms with Gasteiger partial charge in [0.25, 0.3) is 0 Å². The standard InChI is InChI=1S/C17H27NO/c1-13-10-14(11-18)4-5-15(13)12-19-16-6-8-17(2,3)9-7-16/h4-5,10,16H,6-9,11-12,18H2,1-3H3. The van der Waals surface area contributed by atoms with E-state index in [1.807, 2.05) is 0 Å². The number of hydrogen-bond acceptors (Lipinski definition) is 2. The molecular formula is C17H27NO. The number of rotatable bonds is 4. The second-order valence-electron chi connectivity index (χ2n) is 6.64. The normalized spacial score (nSPS) is 19.6. The molecule has 2 N–H and O–H groups in total. The molecule has 19 heavy (non-hydrogen) atoms. The van der Waals surface area contributed by atoms with Gasteiger partial charge >= 0.3 is 0 Å². The van der Waals surface area contributed by atoms with Gasteiger partial charge in [0.2, 0.25) is 0 Å². The van der Waals surface area contributed by atoms with Crippen LogP contribution in [-0.4, -0.2) is 6.10 Å². The van der Waals surface area contributed by atoms with Gasteiger partial charge in [0.1, 0.15) is 0 Å². The van der Waals surface area contributed by atoms with Crippen LogP contribution in [0.15, 0.2) is 18.2 Å². The highest BCUT2D eigenvalue weighted by molar-refractivity contribution is 5.30. The van der Waals surface area contributed by atoms with Crippen LogP contribution in [0.5, 0.6) is 0 Å². The van der Waals surface area contributed by atoms with Crippen LogP contribution in [-0.2, 0) is 17.9 Å². The molecule has 1 aliphatic rings. The zero-order valence-corrected chi connectivity index (χ0v) is 12.5. The van der Waals surface area contributed by atoms with Gasteiger partial charge in [-0.1, -0.05) is 32.0 Å². The van der Waals surface area contributed by atoms with Gasteiger partial charge in [-0.15, -0.1) is 0 Å². The lowest BCUT2D eigenvalue weighted by atomic mass is 9.76. The van der Waals surface area contributed by atoms with Gasteiger partial charge in [0.15, 0.2) is 0 Å². The second-order valence-corrected chi connectivity index (χ2v) is 6.64. The van der Waals surface area contributed by atoms with Crippen molar-refractivity contribution in [2.45, 2.75) is 65.7 Å². The predicted molar refractivity (Wildman–Crippen MR) is 79.9 cm³/mol. The van der Waals surface area contributed by atoms with E-state index in [-0.39, 0.29) is 0 Å². The Kier molecular flexibility index (Phi) is 4.64. The zero-order chi connectivity index (χ0) is 13.9. The minimum Gasteiger partial charge on any atom is -0.374 e. The largest absolute Gasteiger partial charge is 0.374 e. The quantitative estimate of drug-likeness (QED) is 0.891. The number of nitrogens with two attached hydrogens (primary N) is 1. The summed E-state index contributed by atoms with van der Waals surface area (Å²) in [4.78, 5) is 0. The van der Waals surface area contributed by atoms with Gasteiger partial charge in [-0.2, -0.15) is 0 Å². The van der Waals surface area contributed by atoms with E-state index in [2.05, 4.69) is 39.0 Å². The van der Waals surface area contributed by atoms with E-state index in [0.717, 1.165) is 6.61 Å². The summed E-state index contributed by atoms with van der Waals surface area (Å²) in [6.07, 6.45) is 5.41. The van der Waals surface area contributed by atoms with Crippen molar-refractivity contribution in [2.75, 3.05) is 0 Å². The topological polar surface area (TPSA) is 35.2 Å². The Balaban J connectivity index is 1.86. The minimum absolute atomic E-state index is 0.446. The zero-order valence-electron chi connectivity index (χ0n) is 12.5. The highest BCUT2D eigenvalue weighted by Gasteiger charge is 2.27. The van der Waals surface area contributed by atoms with Crippen LogP contribution in [0, 0.1) is 12.3 Å². The van der Waals surface area contributed by atoms with Crippen LogP contribution >= 0.6 is 0 Å². The molecule has 1 aliphatic carbocycles. The SMILES string of the molecule is Cc1cc(CN)ccc1COC1CCC(C)(C)CC1. The highest BCUT2D eigenvalue weighted by atomic mass is 16.5. The van der Waals surface area contributed by atoms with E-state index in [9.17, 15) is 0 Å². The van der Waals surface area contributed by atoms with E-state index in [1.165, 1.54) is 42.4 Å². The molecule has 1 aromatic carbocycles. The molecule has 0 unspecified atom stereocenters. The molecule has 0 spiro atoms. The summed E-state index contributed by atoms with van der Waals surface area (Å²) >= 11 is 0. The monoisotopic (exact) mass is 261 g/mol. The maximum Gasteiger partial charge on any atom is 0.0723 e. The van der Waals surface area contributed by atoms with E-state index in [1.54, 1.807) is 0 Å². The minimum atomic E-state index is 0.446. The average Bonchev–Trinajstić information content (AvgIpc) is 2.38. The summed E-state index contributed by atoms with van der Waals surface area (Å²) in [6.45, 7) is 8.21. The second kappa shape index (κ2) is 6.06. The van der Waals surface area contributed by atoms with Crippen molar-refractivity contribution in [3.05, 3.63) is 34.9 Å². The Bertz CT molecular complexity index is 415. The molecule has 0 radical (unpaired) electrons. The van der Waals surface area contributed by atoms with Crippen LogP contribution < -0.4 is 5.73 Å². The lowest BCUT2D eigenvalue weighted by Crippen LogP contribution is -2.26. The van der Waals surface area contributed by atoms with Crippen LogP contribution in [0.3, 0.4) is 0 Å². The molecule has 0 aromatic heterocycles. The third-order valence-corrected chi connectivity index (χ3v) is 4.40. The van der Waals surface area contributed by atoms with E-state index in [4.69, 9.17) is 10.5 Å². The molecule has 1 fully saturated rings. The molecule has 1 aromatic rings. The summed E-state index contributed by atoms with van der Waals surface area (Å²) in [5, 5.41) is 0. The fourth-order valence-electron chi connectivity index (χ4n) is 2.79. The van der Waals surface area contributed by atoms with Crippen molar-refractivity contribution in [3.8, 4) is 0 Å². The first kappa shape index (κ1) is 14.5. The lowest BCUT2D eigenvalue weighted by Gasteiger charge is -2.34. The summed E-state index contributed by atoms with van der Waals surface area (Å²) in [7, 11) is 0. The first-order chi connectivity index (χ1) is 9.00. The van der Waals surface area contributed by atoms with Crippen LogP contribution in [0.2, 0.25) is 0 Å². The number of benzene rings is 1. The fraction of sp³-hybridized carbons (Fsp3) is 0.647. The lowest BCUT2D eigenvalue weighted by molar-refractivity contribution is -0.00576. The molecular weight excluding hydrogens is 234 g/mol. The predicted octanol–water partition coefficient (Wildman–Crippen LogP) is 3.94. The third kappa shape index (κ3) is 4.05. The smallest absolute Gasteiger partial charge is 0.0723 e. The first-order valence-electron chi connectivity index (χ1n) is 7.40. The highest BCUT2D eigenvalue weighted by Crippen LogP contribution is 2.36. The summed E-state index contributed by atoms with van der Waals surface area (Å²) in [5.41, 5.74) is 9.95. The summed E-state index contributed by atoms with van der Waals surface area (Å²) in [5.74, 6) is 0. The van der Waals surface area contributed by atoms with Crippen molar-refractivity contribution < 1.29 is 4.74 Å². The van der Waals surface area contributed by atoms with Crippen molar-refractivity contribution in [1.82, 2.24) is 0 Å². The Morgan fingerprint density at radius 2 is 1.95 bits per heavy atom. The van der Waals surface area contributed by atoms with Crippen molar-refractivity contribution in [3.63, 3.8) is 0 Å². The van der Waals surface area contributed by atoms with E-state index >= 15 is 0 Å². The van der Waals surface area contributed by atoms with Gasteiger partial charge in [-0.25, -0.2) is 0 Å². The summed E-state index contributed by atoms with van der Waals surface area (Å²) < 4.78 is 6.09. The molecule has 1 saturated carbocycles. The summed E-state index contributed by atoms with van der Waals surface area (Å²) in [6, 6.07) is 6.43. The van der Waals surface area contributed by atoms with E-state index in [0.29, 0.717) is 18.1 Å². The van der Waals surface area contributed by atoms with Crippen LogP contribution in [0.4, 0.5) is 0 Å². The molecule has 0 amide bonds. The molecule has 0 saturated heterocycles. The maximum atomic E-state index is 6.09. The van der Waals surface area contributed by atoms with Crippen LogP contribution in [0.25, 0.3) is 0 Å². The molecule has 2 nitrogen and oxygen atoms in total. The van der Waals surface area contributed by atoms with Crippen molar-refractivity contribution >= 4 is 0 Å².